The Hall–Kier alpha value is -2.33. The molecule has 0 aromatic heterocycles. The summed E-state index contributed by atoms with van der Waals surface area (Å²) in [4.78, 5) is 19.1. The van der Waals surface area contributed by atoms with Crippen LogP contribution >= 0.6 is 0 Å². The monoisotopic (exact) mass is 351 g/mol. The lowest BCUT2D eigenvalue weighted by atomic mass is 10.1. The number of hydrogen-bond donors (Lipinski definition) is 0. The van der Waals surface area contributed by atoms with Crippen LogP contribution in [-0.2, 0) is 11.3 Å². The topological polar surface area (TPSA) is 26.8 Å². The van der Waals surface area contributed by atoms with Crippen molar-refractivity contribution in [1.82, 2.24) is 9.80 Å². The quantitative estimate of drug-likeness (QED) is 0.828. The Balaban J connectivity index is 1.50. The molecule has 1 saturated heterocycles. The summed E-state index contributed by atoms with van der Waals surface area (Å²) < 4.78 is 0. The van der Waals surface area contributed by atoms with E-state index in [0.717, 1.165) is 26.2 Å². The third kappa shape index (κ3) is 4.44. The van der Waals surface area contributed by atoms with Gasteiger partial charge in [0, 0.05) is 45.5 Å². The number of nitrogens with zero attached hydrogens (tertiary/aromatic N) is 3. The molecular weight excluding hydrogens is 322 g/mol. The van der Waals surface area contributed by atoms with Gasteiger partial charge in [-0.2, -0.15) is 0 Å². The van der Waals surface area contributed by atoms with Gasteiger partial charge in [-0.15, -0.1) is 0 Å². The SMILES string of the molecule is Cc1cccc(N2CCN(CC(=O)N(C)Cc3ccccc3)CC2)c1C. The Morgan fingerprint density at radius 3 is 2.35 bits per heavy atom. The predicted octanol–water partition coefficient (Wildman–Crippen LogP) is 3.08. The van der Waals surface area contributed by atoms with E-state index in [9.17, 15) is 4.79 Å². The van der Waals surface area contributed by atoms with E-state index in [0.29, 0.717) is 13.1 Å². The second-order valence-electron chi connectivity index (χ2n) is 7.22. The second-order valence-corrected chi connectivity index (χ2v) is 7.22. The summed E-state index contributed by atoms with van der Waals surface area (Å²) >= 11 is 0. The molecule has 2 aromatic rings. The molecule has 1 fully saturated rings. The van der Waals surface area contributed by atoms with Crippen molar-refractivity contribution in [2.24, 2.45) is 0 Å². The van der Waals surface area contributed by atoms with Crippen molar-refractivity contribution in [2.75, 3.05) is 44.7 Å². The van der Waals surface area contributed by atoms with Gasteiger partial charge in [-0.25, -0.2) is 0 Å². The Bertz CT molecular complexity index is 736. The van der Waals surface area contributed by atoms with E-state index < -0.39 is 0 Å². The molecule has 2 aromatic carbocycles. The van der Waals surface area contributed by atoms with Crippen molar-refractivity contribution in [3.05, 3.63) is 65.2 Å². The first-order valence-electron chi connectivity index (χ1n) is 9.36. The summed E-state index contributed by atoms with van der Waals surface area (Å²) in [5.41, 5.74) is 5.20. The highest BCUT2D eigenvalue weighted by Gasteiger charge is 2.21. The fourth-order valence-electron chi connectivity index (χ4n) is 3.48. The molecule has 0 aliphatic carbocycles. The maximum atomic E-state index is 12.5. The summed E-state index contributed by atoms with van der Waals surface area (Å²) in [6.07, 6.45) is 0. The molecule has 0 bridgehead atoms. The molecule has 1 amide bonds. The van der Waals surface area contributed by atoms with Gasteiger partial charge in [0.1, 0.15) is 0 Å². The van der Waals surface area contributed by atoms with Gasteiger partial charge in [-0.1, -0.05) is 42.5 Å². The number of anilines is 1. The van der Waals surface area contributed by atoms with E-state index in [-0.39, 0.29) is 5.91 Å². The van der Waals surface area contributed by atoms with Gasteiger partial charge in [0.15, 0.2) is 0 Å². The fraction of sp³-hybridized carbons (Fsp3) is 0.409. The van der Waals surface area contributed by atoms with Crippen LogP contribution in [0.25, 0.3) is 0 Å². The van der Waals surface area contributed by atoms with E-state index in [2.05, 4.69) is 54.0 Å². The molecule has 1 aliphatic heterocycles. The van der Waals surface area contributed by atoms with E-state index >= 15 is 0 Å². The maximum Gasteiger partial charge on any atom is 0.236 e. The summed E-state index contributed by atoms with van der Waals surface area (Å²) in [6.45, 7) is 9.33. The number of piperazine rings is 1. The van der Waals surface area contributed by atoms with Crippen molar-refractivity contribution in [3.63, 3.8) is 0 Å². The molecule has 0 atom stereocenters. The fourth-order valence-corrected chi connectivity index (χ4v) is 3.48. The first-order valence-corrected chi connectivity index (χ1v) is 9.36. The number of aryl methyl sites for hydroxylation is 1. The third-order valence-corrected chi connectivity index (χ3v) is 5.34. The smallest absolute Gasteiger partial charge is 0.236 e. The van der Waals surface area contributed by atoms with Crippen LogP contribution in [-0.4, -0.2) is 55.5 Å². The Morgan fingerprint density at radius 2 is 1.65 bits per heavy atom. The van der Waals surface area contributed by atoms with Crippen LogP contribution < -0.4 is 4.90 Å². The minimum absolute atomic E-state index is 0.189. The van der Waals surface area contributed by atoms with Crippen LogP contribution in [0, 0.1) is 13.8 Å². The lowest BCUT2D eigenvalue weighted by Crippen LogP contribution is -2.49. The van der Waals surface area contributed by atoms with E-state index in [1.165, 1.54) is 22.4 Å². The first kappa shape index (κ1) is 18.5. The number of hydrogen-bond acceptors (Lipinski definition) is 3. The first-order chi connectivity index (χ1) is 12.5. The highest BCUT2D eigenvalue weighted by Crippen LogP contribution is 2.23. The molecule has 0 saturated carbocycles. The Morgan fingerprint density at radius 1 is 0.962 bits per heavy atom. The highest BCUT2D eigenvalue weighted by atomic mass is 16.2. The van der Waals surface area contributed by atoms with Crippen LogP contribution in [0.2, 0.25) is 0 Å². The lowest BCUT2D eigenvalue weighted by Gasteiger charge is -2.37. The lowest BCUT2D eigenvalue weighted by molar-refractivity contribution is -0.131. The number of amides is 1. The molecule has 0 radical (unpaired) electrons. The average molecular weight is 351 g/mol. The number of rotatable bonds is 5. The predicted molar refractivity (Wildman–Crippen MR) is 107 cm³/mol. The van der Waals surface area contributed by atoms with Gasteiger partial charge >= 0.3 is 0 Å². The standard InChI is InChI=1S/C22H29N3O/c1-18-8-7-11-21(19(18)2)25-14-12-24(13-15-25)17-22(26)23(3)16-20-9-5-4-6-10-20/h4-11H,12-17H2,1-3H3. The minimum atomic E-state index is 0.189. The molecule has 4 heteroatoms. The summed E-state index contributed by atoms with van der Waals surface area (Å²) in [7, 11) is 1.89. The summed E-state index contributed by atoms with van der Waals surface area (Å²) in [6, 6.07) is 16.7. The van der Waals surface area contributed by atoms with Gasteiger partial charge in [0.05, 0.1) is 6.54 Å². The van der Waals surface area contributed by atoms with Gasteiger partial charge in [-0.3, -0.25) is 9.69 Å². The molecule has 0 unspecified atom stereocenters. The molecule has 26 heavy (non-hydrogen) atoms. The van der Waals surface area contributed by atoms with Gasteiger partial charge < -0.3 is 9.80 Å². The van der Waals surface area contributed by atoms with Crippen molar-refractivity contribution in [2.45, 2.75) is 20.4 Å². The van der Waals surface area contributed by atoms with Gasteiger partial charge in [0.25, 0.3) is 0 Å². The molecule has 3 rings (SSSR count). The zero-order valence-electron chi connectivity index (χ0n) is 16.1. The number of likely N-dealkylation sites (N-methyl/N-ethyl adjacent to an activating group) is 1. The largest absolute Gasteiger partial charge is 0.369 e. The summed E-state index contributed by atoms with van der Waals surface area (Å²) in [5.74, 6) is 0.189. The van der Waals surface area contributed by atoms with Crippen molar-refractivity contribution in [1.29, 1.82) is 0 Å². The Labute approximate surface area is 157 Å². The molecule has 1 aliphatic rings. The zero-order chi connectivity index (χ0) is 18.5. The number of carbonyl (C=O) groups is 1. The molecule has 1 heterocycles. The van der Waals surface area contributed by atoms with E-state index in [4.69, 9.17) is 0 Å². The van der Waals surface area contributed by atoms with E-state index in [1.54, 1.807) is 0 Å². The Kier molecular flexibility index (Phi) is 5.94. The van der Waals surface area contributed by atoms with Crippen molar-refractivity contribution < 1.29 is 4.79 Å². The number of benzene rings is 2. The molecule has 0 spiro atoms. The molecule has 0 N–H and O–H groups in total. The van der Waals surface area contributed by atoms with Crippen molar-refractivity contribution in [3.8, 4) is 0 Å². The summed E-state index contributed by atoms with van der Waals surface area (Å²) in [5, 5.41) is 0. The maximum absolute atomic E-state index is 12.5. The van der Waals surface area contributed by atoms with Crippen LogP contribution in [0.3, 0.4) is 0 Å². The van der Waals surface area contributed by atoms with Crippen LogP contribution in [0.15, 0.2) is 48.5 Å². The van der Waals surface area contributed by atoms with Gasteiger partial charge in [-0.05, 0) is 36.6 Å². The zero-order valence-corrected chi connectivity index (χ0v) is 16.1. The normalized spacial score (nSPS) is 15.1. The minimum Gasteiger partial charge on any atom is -0.369 e. The van der Waals surface area contributed by atoms with Crippen LogP contribution in [0.5, 0.6) is 0 Å². The molecular formula is C22H29N3O. The molecule has 4 nitrogen and oxygen atoms in total. The molecule has 138 valence electrons. The third-order valence-electron chi connectivity index (χ3n) is 5.34. The highest BCUT2D eigenvalue weighted by molar-refractivity contribution is 5.78. The van der Waals surface area contributed by atoms with Crippen molar-refractivity contribution >= 4 is 11.6 Å². The average Bonchev–Trinajstić information content (AvgIpc) is 2.65. The van der Waals surface area contributed by atoms with Crippen LogP contribution in [0.4, 0.5) is 5.69 Å². The van der Waals surface area contributed by atoms with E-state index in [1.807, 2.05) is 30.1 Å². The number of carbonyl (C=O) groups excluding carboxylic acids is 1. The second kappa shape index (κ2) is 8.37. The van der Waals surface area contributed by atoms with Gasteiger partial charge in [0.2, 0.25) is 5.91 Å². The van der Waals surface area contributed by atoms with Crippen LogP contribution in [0.1, 0.15) is 16.7 Å².